The van der Waals surface area contributed by atoms with E-state index in [1.54, 1.807) is 0 Å². The van der Waals surface area contributed by atoms with Gasteiger partial charge in [-0.15, -0.1) is 0 Å². The third kappa shape index (κ3) is 3.39. The highest BCUT2D eigenvalue weighted by Crippen LogP contribution is 2.33. The van der Waals surface area contributed by atoms with Crippen LogP contribution in [0, 0.1) is 12.8 Å². The molecule has 2 aromatic carbocycles. The van der Waals surface area contributed by atoms with E-state index in [9.17, 15) is 4.79 Å². The van der Waals surface area contributed by atoms with Crippen LogP contribution in [0.3, 0.4) is 0 Å². The standard InChI is InChI=1S/C23H24O3/c1-16-20-14-19(25-15-17-8-4-2-5-9-17)12-13-21(20)26-23(16)22(24)18-10-6-3-7-11-18/h2,4-5,8-9,12-14,18H,3,6-7,10-11,15H2,1H3. The van der Waals surface area contributed by atoms with Gasteiger partial charge in [0, 0.05) is 16.9 Å². The summed E-state index contributed by atoms with van der Waals surface area (Å²) in [4.78, 5) is 12.9. The van der Waals surface area contributed by atoms with Gasteiger partial charge < -0.3 is 9.15 Å². The lowest BCUT2D eigenvalue weighted by molar-refractivity contribution is 0.0862. The van der Waals surface area contributed by atoms with Crippen LogP contribution in [0.5, 0.6) is 5.75 Å². The molecule has 1 aromatic heterocycles. The normalized spacial score (nSPS) is 15.3. The summed E-state index contributed by atoms with van der Waals surface area (Å²) in [5.74, 6) is 1.62. The van der Waals surface area contributed by atoms with E-state index in [-0.39, 0.29) is 11.7 Å². The molecule has 0 spiro atoms. The average Bonchev–Trinajstić information content (AvgIpc) is 3.03. The molecule has 0 saturated heterocycles. The van der Waals surface area contributed by atoms with Crippen molar-refractivity contribution in [3.63, 3.8) is 0 Å². The predicted octanol–water partition coefficient (Wildman–Crippen LogP) is 6.08. The van der Waals surface area contributed by atoms with Crippen LogP contribution in [-0.4, -0.2) is 5.78 Å². The van der Waals surface area contributed by atoms with Crippen LogP contribution in [0.4, 0.5) is 0 Å². The number of ether oxygens (including phenoxy) is 1. The topological polar surface area (TPSA) is 39.4 Å². The van der Waals surface area contributed by atoms with Crippen LogP contribution in [0.1, 0.15) is 53.8 Å². The zero-order chi connectivity index (χ0) is 17.9. The van der Waals surface area contributed by atoms with Gasteiger partial charge in [-0.2, -0.15) is 0 Å². The van der Waals surface area contributed by atoms with Gasteiger partial charge in [-0.05, 0) is 43.5 Å². The van der Waals surface area contributed by atoms with E-state index >= 15 is 0 Å². The van der Waals surface area contributed by atoms with Gasteiger partial charge in [-0.25, -0.2) is 0 Å². The van der Waals surface area contributed by atoms with Crippen LogP contribution >= 0.6 is 0 Å². The number of carbonyl (C=O) groups excluding carboxylic acids is 1. The Labute approximate surface area is 154 Å². The molecule has 3 nitrogen and oxygen atoms in total. The number of ketones is 1. The van der Waals surface area contributed by atoms with Gasteiger partial charge in [-0.3, -0.25) is 4.79 Å². The number of benzene rings is 2. The van der Waals surface area contributed by atoms with Crippen molar-refractivity contribution in [2.75, 3.05) is 0 Å². The molecule has 3 aromatic rings. The highest BCUT2D eigenvalue weighted by atomic mass is 16.5. The van der Waals surface area contributed by atoms with E-state index in [4.69, 9.17) is 9.15 Å². The van der Waals surface area contributed by atoms with Gasteiger partial charge in [0.2, 0.25) is 5.78 Å². The number of fused-ring (bicyclic) bond motifs is 1. The minimum Gasteiger partial charge on any atom is -0.489 e. The van der Waals surface area contributed by atoms with Gasteiger partial charge in [-0.1, -0.05) is 49.6 Å². The molecule has 134 valence electrons. The molecule has 1 aliphatic carbocycles. The number of carbonyl (C=O) groups is 1. The van der Waals surface area contributed by atoms with Crippen LogP contribution in [0.2, 0.25) is 0 Å². The molecular formula is C23H24O3. The number of hydrogen-bond acceptors (Lipinski definition) is 3. The number of furan rings is 1. The molecule has 0 aliphatic heterocycles. The van der Waals surface area contributed by atoms with E-state index in [0.717, 1.165) is 53.5 Å². The lowest BCUT2D eigenvalue weighted by Crippen LogP contribution is -2.17. The average molecular weight is 348 g/mol. The number of rotatable bonds is 5. The summed E-state index contributed by atoms with van der Waals surface area (Å²) in [5, 5.41) is 0.967. The summed E-state index contributed by atoms with van der Waals surface area (Å²) < 4.78 is 11.8. The fraction of sp³-hybridized carbons (Fsp3) is 0.348. The first-order valence-corrected chi connectivity index (χ1v) is 9.46. The van der Waals surface area contributed by atoms with E-state index in [1.807, 2.05) is 55.5 Å². The maximum atomic E-state index is 12.9. The van der Waals surface area contributed by atoms with Gasteiger partial charge >= 0.3 is 0 Å². The van der Waals surface area contributed by atoms with E-state index in [0.29, 0.717) is 12.4 Å². The van der Waals surface area contributed by atoms with Crippen molar-refractivity contribution in [2.24, 2.45) is 5.92 Å². The second-order valence-corrected chi connectivity index (χ2v) is 7.19. The first-order valence-electron chi connectivity index (χ1n) is 9.46. The zero-order valence-electron chi connectivity index (χ0n) is 15.2. The summed E-state index contributed by atoms with van der Waals surface area (Å²) >= 11 is 0. The molecule has 4 rings (SSSR count). The van der Waals surface area contributed by atoms with Crippen molar-refractivity contribution >= 4 is 16.8 Å². The first kappa shape index (κ1) is 16.9. The first-order chi connectivity index (χ1) is 12.7. The molecule has 0 amide bonds. The summed E-state index contributed by atoms with van der Waals surface area (Å²) in [5.41, 5.74) is 2.82. The van der Waals surface area contributed by atoms with Crippen LogP contribution in [0.15, 0.2) is 52.9 Å². The summed E-state index contributed by atoms with van der Waals surface area (Å²) in [6, 6.07) is 15.9. The number of aryl methyl sites for hydroxylation is 1. The predicted molar refractivity (Wildman–Crippen MR) is 103 cm³/mol. The number of Topliss-reactive ketones (excluding diaryl/α,β-unsaturated/α-hetero) is 1. The Kier molecular flexibility index (Phi) is 4.79. The van der Waals surface area contributed by atoms with Crippen molar-refractivity contribution < 1.29 is 13.9 Å². The third-order valence-corrected chi connectivity index (χ3v) is 5.36. The molecule has 0 N–H and O–H groups in total. The molecule has 0 bridgehead atoms. The lowest BCUT2D eigenvalue weighted by Gasteiger charge is -2.19. The van der Waals surface area contributed by atoms with Gasteiger partial charge in [0.15, 0.2) is 5.76 Å². The molecule has 0 radical (unpaired) electrons. The fourth-order valence-electron chi connectivity index (χ4n) is 3.82. The number of hydrogen-bond donors (Lipinski definition) is 0. The van der Waals surface area contributed by atoms with Gasteiger partial charge in [0.05, 0.1) is 0 Å². The van der Waals surface area contributed by atoms with E-state index in [1.165, 1.54) is 6.42 Å². The van der Waals surface area contributed by atoms with Gasteiger partial charge in [0.1, 0.15) is 17.9 Å². The lowest BCUT2D eigenvalue weighted by atomic mass is 9.85. The monoisotopic (exact) mass is 348 g/mol. The summed E-state index contributed by atoms with van der Waals surface area (Å²) in [6.07, 6.45) is 5.51. The summed E-state index contributed by atoms with van der Waals surface area (Å²) in [7, 11) is 0. The largest absolute Gasteiger partial charge is 0.489 e. The van der Waals surface area contributed by atoms with Crippen molar-refractivity contribution in [1.82, 2.24) is 0 Å². The molecular weight excluding hydrogens is 324 g/mol. The smallest absolute Gasteiger partial charge is 0.201 e. The minimum atomic E-state index is 0.122. The SMILES string of the molecule is Cc1c(C(=O)C2CCCCC2)oc2ccc(OCc3ccccc3)cc12. The van der Waals surface area contributed by atoms with Gasteiger partial charge in [0.25, 0.3) is 0 Å². The van der Waals surface area contributed by atoms with E-state index in [2.05, 4.69) is 0 Å². The maximum absolute atomic E-state index is 12.9. The van der Waals surface area contributed by atoms with Crippen LogP contribution in [-0.2, 0) is 6.61 Å². The Morgan fingerprint density at radius 1 is 1.08 bits per heavy atom. The molecule has 1 aliphatic rings. The highest BCUT2D eigenvalue weighted by Gasteiger charge is 2.27. The Morgan fingerprint density at radius 3 is 2.62 bits per heavy atom. The Hall–Kier alpha value is -2.55. The highest BCUT2D eigenvalue weighted by molar-refractivity contribution is 6.01. The second-order valence-electron chi connectivity index (χ2n) is 7.19. The molecule has 3 heteroatoms. The second kappa shape index (κ2) is 7.36. The molecule has 1 heterocycles. The Morgan fingerprint density at radius 2 is 1.85 bits per heavy atom. The molecule has 1 fully saturated rings. The minimum absolute atomic E-state index is 0.122. The molecule has 0 unspecified atom stereocenters. The van der Waals surface area contributed by atoms with Crippen molar-refractivity contribution in [3.8, 4) is 5.75 Å². The summed E-state index contributed by atoms with van der Waals surface area (Å²) in [6.45, 7) is 2.50. The zero-order valence-corrected chi connectivity index (χ0v) is 15.2. The van der Waals surface area contributed by atoms with Crippen molar-refractivity contribution in [1.29, 1.82) is 0 Å². The van der Waals surface area contributed by atoms with Crippen LogP contribution < -0.4 is 4.74 Å². The third-order valence-electron chi connectivity index (χ3n) is 5.36. The van der Waals surface area contributed by atoms with Crippen molar-refractivity contribution in [3.05, 3.63) is 65.4 Å². The van der Waals surface area contributed by atoms with E-state index < -0.39 is 0 Å². The quantitative estimate of drug-likeness (QED) is 0.524. The Balaban J connectivity index is 1.56. The van der Waals surface area contributed by atoms with Crippen LogP contribution in [0.25, 0.3) is 11.0 Å². The maximum Gasteiger partial charge on any atom is 0.201 e. The molecule has 26 heavy (non-hydrogen) atoms. The Bertz CT molecular complexity index is 902. The molecule has 0 atom stereocenters. The fourth-order valence-corrected chi connectivity index (χ4v) is 3.82. The van der Waals surface area contributed by atoms with Crippen molar-refractivity contribution in [2.45, 2.75) is 45.6 Å². The molecule has 1 saturated carbocycles.